The van der Waals surface area contributed by atoms with Crippen LogP contribution in [0.15, 0.2) is 36.4 Å². The maximum Gasteiger partial charge on any atom is 0.325 e. The van der Waals surface area contributed by atoms with E-state index in [-0.39, 0.29) is 17.9 Å². The quantitative estimate of drug-likeness (QED) is 0.604. The molecule has 3 amide bonds. The summed E-state index contributed by atoms with van der Waals surface area (Å²) in [7, 11) is 1.63. The van der Waals surface area contributed by atoms with Crippen molar-refractivity contribution in [3.63, 3.8) is 0 Å². The van der Waals surface area contributed by atoms with Crippen molar-refractivity contribution in [2.75, 3.05) is 26.7 Å². The van der Waals surface area contributed by atoms with Gasteiger partial charge in [0.05, 0.1) is 7.11 Å². The Balaban J connectivity index is 1.94. The zero-order valence-electron chi connectivity index (χ0n) is 15.5. The summed E-state index contributed by atoms with van der Waals surface area (Å²) in [6.45, 7) is 3.92. The second kappa shape index (κ2) is 7.91. The number of allylic oxidation sites excluding steroid dienone is 1. The normalized spacial score (nSPS) is 24.3. The van der Waals surface area contributed by atoms with Gasteiger partial charge in [0, 0.05) is 13.0 Å². The number of nitrogens with zero attached hydrogens (tertiary/aromatic N) is 1. The molecule has 6 nitrogen and oxygen atoms in total. The van der Waals surface area contributed by atoms with E-state index in [1.807, 2.05) is 43.3 Å². The zero-order valence-corrected chi connectivity index (χ0v) is 15.5. The largest absolute Gasteiger partial charge is 0.497 e. The molecule has 2 aliphatic rings. The number of piperidine rings is 1. The van der Waals surface area contributed by atoms with Gasteiger partial charge in [-0.2, -0.15) is 0 Å². The summed E-state index contributed by atoms with van der Waals surface area (Å²) in [6, 6.07) is 7.43. The van der Waals surface area contributed by atoms with E-state index >= 15 is 0 Å². The average molecular weight is 357 g/mol. The topological polar surface area (TPSA) is 70.7 Å². The van der Waals surface area contributed by atoms with Crippen LogP contribution in [-0.4, -0.2) is 49.1 Å². The lowest BCUT2D eigenvalue weighted by Gasteiger charge is -2.38. The first kappa shape index (κ1) is 18.5. The highest BCUT2D eigenvalue weighted by Gasteiger charge is 2.55. The van der Waals surface area contributed by atoms with Gasteiger partial charge < -0.3 is 15.4 Å². The van der Waals surface area contributed by atoms with Gasteiger partial charge in [-0.25, -0.2) is 4.79 Å². The molecule has 0 aliphatic carbocycles. The van der Waals surface area contributed by atoms with Gasteiger partial charge in [-0.15, -0.1) is 0 Å². The molecule has 1 atom stereocenters. The van der Waals surface area contributed by atoms with Gasteiger partial charge in [0.2, 0.25) is 0 Å². The van der Waals surface area contributed by atoms with Crippen molar-refractivity contribution >= 4 is 11.9 Å². The number of carbonyl (C=O) groups is 2. The van der Waals surface area contributed by atoms with Gasteiger partial charge in [0.25, 0.3) is 5.91 Å². The van der Waals surface area contributed by atoms with E-state index < -0.39 is 5.54 Å². The van der Waals surface area contributed by atoms with Crippen LogP contribution in [0, 0.1) is 5.92 Å². The van der Waals surface area contributed by atoms with Crippen LogP contribution in [-0.2, 0) is 11.2 Å². The molecule has 3 rings (SSSR count). The highest BCUT2D eigenvalue weighted by molar-refractivity contribution is 6.07. The van der Waals surface area contributed by atoms with Gasteiger partial charge in [0.15, 0.2) is 0 Å². The summed E-state index contributed by atoms with van der Waals surface area (Å²) in [5.41, 5.74) is 0.108. The van der Waals surface area contributed by atoms with Crippen LogP contribution in [0.5, 0.6) is 5.75 Å². The number of methoxy groups -OCH3 is 1. The number of hydrogen-bond acceptors (Lipinski definition) is 4. The zero-order chi connectivity index (χ0) is 18.6. The third kappa shape index (κ3) is 3.46. The number of amides is 3. The fraction of sp³-hybridized carbons (Fsp3) is 0.500. The van der Waals surface area contributed by atoms with E-state index in [1.165, 1.54) is 4.90 Å². The number of rotatable bonds is 6. The van der Waals surface area contributed by atoms with Crippen LogP contribution < -0.4 is 15.4 Å². The van der Waals surface area contributed by atoms with Crippen molar-refractivity contribution < 1.29 is 14.3 Å². The molecule has 2 fully saturated rings. The second-order valence-corrected chi connectivity index (χ2v) is 6.94. The number of benzene rings is 1. The minimum absolute atomic E-state index is 0.113. The molecule has 1 aromatic rings. The van der Waals surface area contributed by atoms with Crippen molar-refractivity contribution in [1.29, 1.82) is 0 Å². The molecule has 26 heavy (non-hydrogen) atoms. The molecule has 6 heteroatoms. The minimum atomic E-state index is -0.882. The monoisotopic (exact) mass is 357 g/mol. The first-order chi connectivity index (χ1) is 12.6. The van der Waals surface area contributed by atoms with Crippen molar-refractivity contribution in [1.82, 2.24) is 15.5 Å². The molecule has 0 unspecified atom stereocenters. The molecule has 2 aliphatic heterocycles. The fourth-order valence-electron chi connectivity index (χ4n) is 3.98. The maximum atomic E-state index is 13.4. The molecule has 140 valence electrons. The number of urea groups is 1. The van der Waals surface area contributed by atoms with Gasteiger partial charge in [-0.05, 0) is 56.5 Å². The molecule has 0 bridgehead atoms. The second-order valence-electron chi connectivity index (χ2n) is 6.94. The summed E-state index contributed by atoms with van der Waals surface area (Å²) in [5, 5.41) is 6.41. The van der Waals surface area contributed by atoms with E-state index in [0.29, 0.717) is 13.0 Å². The molecule has 0 spiro atoms. The first-order valence-corrected chi connectivity index (χ1v) is 9.19. The lowest BCUT2D eigenvalue weighted by molar-refractivity contribution is -0.133. The predicted molar refractivity (Wildman–Crippen MR) is 100 cm³/mol. The molecule has 0 aromatic heterocycles. The van der Waals surface area contributed by atoms with E-state index in [0.717, 1.165) is 37.2 Å². The molecule has 0 radical (unpaired) electrons. The Morgan fingerprint density at radius 3 is 2.77 bits per heavy atom. The van der Waals surface area contributed by atoms with Crippen LogP contribution in [0.1, 0.15) is 25.3 Å². The third-order valence-electron chi connectivity index (χ3n) is 5.38. The molecule has 2 N–H and O–H groups in total. The Morgan fingerprint density at radius 2 is 2.08 bits per heavy atom. The average Bonchev–Trinajstić information content (AvgIpc) is 2.91. The molecular weight excluding hydrogens is 330 g/mol. The Hall–Kier alpha value is -2.34. The highest BCUT2D eigenvalue weighted by atomic mass is 16.5. The highest BCUT2D eigenvalue weighted by Crippen LogP contribution is 2.35. The Labute approximate surface area is 154 Å². The predicted octanol–water partition coefficient (Wildman–Crippen LogP) is 2.10. The summed E-state index contributed by atoms with van der Waals surface area (Å²) >= 11 is 0. The van der Waals surface area contributed by atoms with Crippen LogP contribution in [0.3, 0.4) is 0 Å². The minimum Gasteiger partial charge on any atom is -0.497 e. The van der Waals surface area contributed by atoms with Gasteiger partial charge in [-0.3, -0.25) is 9.69 Å². The Kier molecular flexibility index (Phi) is 5.61. The van der Waals surface area contributed by atoms with Crippen molar-refractivity contribution in [3.05, 3.63) is 42.0 Å². The SMILES string of the molecule is C/C=C/CN1C(=O)N[C@@](Cc2cccc(OC)c2)(C2CCNCC2)C1=O. The van der Waals surface area contributed by atoms with E-state index in [9.17, 15) is 9.59 Å². The van der Waals surface area contributed by atoms with E-state index in [2.05, 4.69) is 10.6 Å². The smallest absolute Gasteiger partial charge is 0.325 e. The summed E-state index contributed by atoms with van der Waals surface area (Å²) in [5.74, 6) is 0.753. The number of carbonyl (C=O) groups excluding carboxylic acids is 2. The lowest BCUT2D eigenvalue weighted by Crippen LogP contribution is -2.57. The van der Waals surface area contributed by atoms with Gasteiger partial charge >= 0.3 is 6.03 Å². The van der Waals surface area contributed by atoms with Crippen molar-refractivity contribution in [2.45, 2.75) is 31.7 Å². The first-order valence-electron chi connectivity index (χ1n) is 9.19. The molecule has 2 saturated heterocycles. The third-order valence-corrected chi connectivity index (χ3v) is 5.38. The lowest BCUT2D eigenvalue weighted by atomic mass is 9.74. The van der Waals surface area contributed by atoms with Crippen LogP contribution >= 0.6 is 0 Å². The number of imide groups is 1. The summed E-state index contributed by atoms with van der Waals surface area (Å²) in [4.78, 5) is 27.3. The molecule has 0 saturated carbocycles. The van der Waals surface area contributed by atoms with Gasteiger partial charge in [0.1, 0.15) is 11.3 Å². The maximum absolute atomic E-state index is 13.4. The Morgan fingerprint density at radius 1 is 1.31 bits per heavy atom. The van der Waals surface area contributed by atoms with Crippen LogP contribution in [0.2, 0.25) is 0 Å². The molecule has 2 heterocycles. The molecular formula is C20H27N3O3. The van der Waals surface area contributed by atoms with Gasteiger partial charge in [-0.1, -0.05) is 24.3 Å². The number of ether oxygens (including phenoxy) is 1. The standard InChI is InChI=1S/C20H27N3O3/c1-3-4-12-23-18(24)20(22-19(23)25,16-8-10-21-11-9-16)14-15-6-5-7-17(13-15)26-2/h3-7,13,16,21H,8-12,14H2,1-2H3,(H,22,25)/b4-3+/t20-/m0/s1. The van der Waals surface area contributed by atoms with Crippen LogP contribution in [0.25, 0.3) is 0 Å². The van der Waals surface area contributed by atoms with E-state index in [4.69, 9.17) is 4.74 Å². The van der Waals surface area contributed by atoms with Crippen molar-refractivity contribution in [3.8, 4) is 5.75 Å². The van der Waals surface area contributed by atoms with Crippen LogP contribution in [0.4, 0.5) is 4.79 Å². The number of nitrogens with one attached hydrogen (secondary N) is 2. The van der Waals surface area contributed by atoms with Crippen molar-refractivity contribution in [2.24, 2.45) is 5.92 Å². The Bertz CT molecular complexity index is 697. The fourth-order valence-corrected chi connectivity index (χ4v) is 3.98. The summed E-state index contributed by atoms with van der Waals surface area (Å²) in [6.07, 6.45) is 5.90. The summed E-state index contributed by atoms with van der Waals surface area (Å²) < 4.78 is 5.32. The van der Waals surface area contributed by atoms with E-state index in [1.54, 1.807) is 7.11 Å². The number of hydrogen-bond donors (Lipinski definition) is 2. The molecule has 1 aromatic carbocycles.